The Kier molecular flexibility index (Phi) is 6.45. The van der Waals surface area contributed by atoms with E-state index < -0.39 is 0 Å². The molecule has 4 nitrogen and oxygen atoms in total. The smallest absolute Gasteiger partial charge is 0.229 e. The molecule has 1 atom stereocenters. The minimum Gasteiger partial charge on any atom is -0.342 e. The van der Waals surface area contributed by atoms with Gasteiger partial charge in [0.25, 0.3) is 0 Å². The first kappa shape index (κ1) is 20.1. The number of carbonyl (C=O) groups is 2. The molecule has 2 amide bonds. The van der Waals surface area contributed by atoms with Crippen LogP contribution in [0.3, 0.4) is 0 Å². The summed E-state index contributed by atoms with van der Waals surface area (Å²) >= 11 is 0. The summed E-state index contributed by atoms with van der Waals surface area (Å²) in [6, 6.07) is 12.4. The number of hydrogen-bond acceptors (Lipinski definition) is 2. The number of para-hydroxylation sites is 1. The van der Waals surface area contributed by atoms with Crippen molar-refractivity contribution in [3.8, 4) is 0 Å². The average molecular weight is 382 g/mol. The molecular weight excluding hydrogens is 355 g/mol. The number of amides is 2. The predicted molar refractivity (Wildman–Crippen MR) is 109 cm³/mol. The molecule has 1 saturated heterocycles. The molecule has 0 saturated carbocycles. The van der Waals surface area contributed by atoms with E-state index in [1.54, 1.807) is 17.0 Å². The van der Waals surface area contributed by atoms with Crippen LogP contribution in [0.15, 0.2) is 42.5 Å². The lowest BCUT2D eigenvalue weighted by Crippen LogP contribution is -2.30. The molecule has 0 aromatic heterocycles. The zero-order chi connectivity index (χ0) is 20.1. The Bertz CT molecular complexity index is 826. The molecule has 148 valence electrons. The van der Waals surface area contributed by atoms with Crippen LogP contribution in [0.4, 0.5) is 10.1 Å². The summed E-state index contributed by atoms with van der Waals surface area (Å²) in [5, 5.41) is 3.08. The molecule has 2 aromatic rings. The standard InChI is InChI=1S/C23H27FN2O2/c1-3-17-6-5-7-18(4-2)22(17)25-23(28)19-14-21(27)26(15-19)13-12-16-8-10-20(24)11-9-16/h5-11,19H,3-4,12-15H2,1-2H3,(H,25,28). The quantitative estimate of drug-likeness (QED) is 0.787. The van der Waals surface area contributed by atoms with Crippen LogP contribution in [-0.2, 0) is 28.9 Å². The highest BCUT2D eigenvalue weighted by Crippen LogP contribution is 2.25. The molecule has 1 aliphatic heterocycles. The number of hydrogen-bond donors (Lipinski definition) is 1. The molecule has 0 radical (unpaired) electrons. The largest absolute Gasteiger partial charge is 0.342 e. The maximum atomic E-state index is 13.0. The highest BCUT2D eigenvalue weighted by molar-refractivity contribution is 5.98. The highest BCUT2D eigenvalue weighted by atomic mass is 19.1. The van der Waals surface area contributed by atoms with E-state index in [-0.39, 0.29) is 30.0 Å². The molecule has 3 rings (SSSR count). The van der Waals surface area contributed by atoms with Crippen molar-refractivity contribution < 1.29 is 14.0 Å². The molecule has 1 fully saturated rings. The number of nitrogens with one attached hydrogen (secondary N) is 1. The van der Waals surface area contributed by atoms with E-state index in [2.05, 4.69) is 19.2 Å². The molecule has 1 heterocycles. The average Bonchev–Trinajstić information content (AvgIpc) is 3.08. The zero-order valence-electron chi connectivity index (χ0n) is 16.5. The van der Waals surface area contributed by atoms with Crippen LogP contribution in [-0.4, -0.2) is 29.8 Å². The summed E-state index contributed by atoms with van der Waals surface area (Å²) in [6.45, 7) is 5.11. The highest BCUT2D eigenvalue weighted by Gasteiger charge is 2.34. The van der Waals surface area contributed by atoms with Crippen LogP contribution in [0, 0.1) is 11.7 Å². The van der Waals surface area contributed by atoms with Crippen molar-refractivity contribution in [2.24, 2.45) is 5.92 Å². The summed E-state index contributed by atoms with van der Waals surface area (Å²) in [5.41, 5.74) is 4.11. The number of rotatable bonds is 7. The Morgan fingerprint density at radius 3 is 2.36 bits per heavy atom. The van der Waals surface area contributed by atoms with Crippen LogP contribution in [0.25, 0.3) is 0 Å². The van der Waals surface area contributed by atoms with Gasteiger partial charge >= 0.3 is 0 Å². The number of carbonyl (C=O) groups excluding carboxylic acids is 2. The molecule has 2 aromatic carbocycles. The second-order valence-electron chi connectivity index (χ2n) is 7.26. The van der Waals surface area contributed by atoms with Crippen LogP contribution >= 0.6 is 0 Å². The maximum absolute atomic E-state index is 13.0. The van der Waals surface area contributed by atoms with Crippen LogP contribution in [0.2, 0.25) is 0 Å². The van der Waals surface area contributed by atoms with Crippen LogP contribution < -0.4 is 5.32 Å². The lowest BCUT2D eigenvalue weighted by atomic mass is 10.0. The van der Waals surface area contributed by atoms with Gasteiger partial charge in [0.1, 0.15) is 5.82 Å². The molecular formula is C23H27FN2O2. The molecule has 28 heavy (non-hydrogen) atoms. The monoisotopic (exact) mass is 382 g/mol. The fourth-order valence-corrected chi connectivity index (χ4v) is 3.71. The van der Waals surface area contributed by atoms with Crippen molar-refractivity contribution in [3.63, 3.8) is 0 Å². The van der Waals surface area contributed by atoms with Gasteiger partial charge in [0.05, 0.1) is 5.92 Å². The fraction of sp³-hybridized carbons (Fsp3) is 0.391. The van der Waals surface area contributed by atoms with Crippen LogP contribution in [0.5, 0.6) is 0 Å². The predicted octanol–water partition coefficient (Wildman–Crippen LogP) is 3.98. The van der Waals surface area contributed by atoms with E-state index >= 15 is 0 Å². The Hall–Kier alpha value is -2.69. The maximum Gasteiger partial charge on any atom is 0.229 e. The number of likely N-dealkylation sites (tertiary alicyclic amines) is 1. The van der Waals surface area contributed by atoms with E-state index in [4.69, 9.17) is 0 Å². The molecule has 0 spiro atoms. The summed E-state index contributed by atoms with van der Waals surface area (Å²) in [5.74, 6) is -0.693. The van der Waals surface area contributed by atoms with Gasteiger partial charge in [-0.15, -0.1) is 0 Å². The van der Waals surface area contributed by atoms with Crippen molar-refractivity contribution in [2.75, 3.05) is 18.4 Å². The third-order valence-corrected chi connectivity index (χ3v) is 5.42. The lowest BCUT2D eigenvalue weighted by molar-refractivity contribution is -0.128. The third kappa shape index (κ3) is 4.58. The van der Waals surface area contributed by atoms with Crippen LogP contribution in [0.1, 0.15) is 37.0 Å². The van der Waals surface area contributed by atoms with Gasteiger partial charge in [-0.2, -0.15) is 0 Å². The summed E-state index contributed by atoms with van der Waals surface area (Å²) in [4.78, 5) is 26.9. The Labute approximate surface area is 165 Å². The van der Waals surface area contributed by atoms with E-state index in [9.17, 15) is 14.0 Å². The van der Waals surface area contributed by atoms with Crippen molar-refractivity contribution in [3.05, 3.63) is 65.0 Å². The van der Waals surface area contributed by atoms with Gasteiger partial charge in [0.15, 0.2) is 0 Å². The lowest BCUT2D eigenvalue weighted by Gasteiger charge is -2.18. The first-order valence-corrected chi connectivity index (χ1v) is 9.95. The van der Waals surface area contributed by atoms with Gasteiger partial charge in [0, 0.05) is 25.2 Å². The van der Waals surface area contributed by atoms with E-state index in [1.165, 1.54) is 12.1 Å². The molecule has 5 heteroatoms. The Morgan fingerprint density at radius 1 is 1.11 bits per heavy atom. The van der Waals surface area contributed by atoms with Gasteiger partial charge in [-0.05, 0) is 48.1 Å². The van der Waals surface area contributed by atoms with Gasteiger partial charge in [-0.1, -0.05) is 44.2 Å². The SMILES string of the molecule is CCc1cccc(CC)c1NC(=O)C1CC(=O)N(CCc2ccc(F)cc2)C1. The topological polar surface area (TPSA) is 49.4 Å². The minimum atomic E-state index is -0.338. The second-order valence-corrected chi connectivity index (χ2v) is 7.26. The number of aryl methyl sites for hydroxylation is 2. The van der Waals surface area contributed by atoms with Gasteiger partial charge in [-0.3, -0.25) is 9.59 Å². The number of anilines is 1. The second kappa shape index (κ2) is 9.00. The Balaban J connectivity index is 1.62. The van der Waals surface area contributed by atoms with E-state index in [0.29, 0.717) is 19.5 Å². The zero-order valence-corrected chi connectivity index (χ0v) is 16.5. The molecule has 0 aliphatic carbocycles. The normalized spacial score (nSPS) is 16.5. The molecule has 1 unspecified atom stereocenters. The summed E-state index contributed by atoms with van der Waals surface area (Å²) in [6.07, 6.45) is 2.58. The van der Waals surface area contributed by atoms with Crippen molar-refractivity contribution >= 4 is 17.5 Å². The minimum absolute atomic E-state index is 0.00162. The van der Waals surface area contributed by atoms with Gasteiger partial charge < -0.3 is 10.2 Å². The van der Waals surface area contributed by atoms with Crippen molar-refractivity contribution in [2.45, 2.75) is 39.5 Å². The van der Waals surface area contributed by atoms with Crippen molar-refractivity contribution in [1.29, 1.82) is 0 Å². The molecule has 1 N–H and O–H groups in total. The first-order valence-electron chi connectivity index (χ1n) is 9.95. The number of nitrogens with zero attached hydrogens (tertiary/aromatic N) is 1. The van der Waals surface area contributed by atoms with Gasteiger partial charge in [0.2, 0.25) is 11.8 Å². The third-order valence-electron chi connectivity index (χ3n) is 5.42. The molecule has 1 aliphatic rings. The van der Waals surface area contributed by atoms with E-state index in [1.807, 2.05) is 18.2 Å². The summed E-state index contributed by atoms with van der Waals surface area (Å²) < 4.78 is 13.0. The number of halogens is 1. The fourth-order valence-electron chi connectivity index (χ4n) is 3.71. The Morgan fingerprint density at radius 2 is 1.75 bits per heavy atom. The first-order chi connectivity index (χ1) is 13.5. The van der Waals surface area contributed by atoms with E-state index in [0.717, 1.165) is 35.2 Å². The number of benzene rings is 2. The van der Waals surface area contributed by atoms with Gasteiger partial charge in [-0.25, -0.2) is 4.39 Å². The van der Waals surface area contributed by atoms with Crippen molar-refractivity contribution in [1.82, 2.24) is 4.90 Å². The molecule has 0 bridgehead atoms. The summed E-state index contributed by atoms with van der Waals surface area (Å²) in [7, 11) is 0.